The Morgan fingerprint density at radius 3 is 2.48 bits per heavy atom. The third-order valence-corrected chi connectivity index (χ3v) is 6.79. The normalized spacial score (nSPS) is 20.7. The lowest BCUT2D eigenvalue weighted by Crippen LogP contribution is -2.55. The molecular formula is C23H30F2N4O3S. The number of thiazole rings is 1. The first-order valence-electron chi connectivity index (χ1n) is 10.8. The number of alkyl halides is 2. The minimum absolute atomic E-state index is 0.0606. The molecule has 1 aliphatic rings. The smallest absolute Gasteiger partial charge is 0.281 e. The summed E-state index contributed by atoms with van der Waals surface area (Å²) in [5.74, 6) is -0.740. The maximum atomic E-state index is 13.1. The molecule has 0 unspecified atom stereocenters. The zero-order chi connectivity index (χ0) is 24.5. The van der Waals surface area contributed by atoms with Crippen molar-refractivity contribution < 1.29 is 23.5 Å². The van der Waals surface area contributed by atoms with Crippen LogP contribution in [0.3, 0.4) is 0 Å². The number of likely N-dealkylation sites (tertiary alicyclic amines) is 1. The Labute approximate surface area is 196 Å². The maximum Gasteiger partial charge on any atom is 0.281 e. The van der Waals surface area contributed by atoms with Gasteiger partial charge in [-0.05, 0) is 23.5 Å². The first-order chi connectivity index (χ1) is 15.4. The molecule has 1 fully saturated rings. The average molecular weight is 481 g/mol. The summed E-state index contributed by atoms with van der Waals surface area (Å²) < 4.78 is 26.2. The predicted octanol–water partition coefficient (Wildman–Crippen LogP) is 3.26. The van der Waals surface area contributed by atoms with Gasteiger partial charge in [-0.2, -0.15) is 0 Å². The molecule has 33 heavy (non-hydrogen) atoms. The van der Waals surface area contributed by atoms with Gasteiger partial charge >= 0.3 is 0 Å². The van der Waals surface area contributed by atoms with Gasteiger partial charge in [0.15, 0.2) is 0 Å². The fourth-order valence-electron chi connectivity index (χ4n) is 3.80. The van der Waals surface area contributed by atoms with Gasteiger partial charge < -0.3 is 21.1 Å². The Bertz CT molecular complexity index is 990. The van der Waals surface area contributed by atoms with Crippen LogP contribution in [-0.4, -0.2) is 51.5 Å². The summed E-state index contributed by atoms with van der Waals surface area (Å²) in [7, 11) is 0. The number of hydrogen-bond donors (Lipinski definition) is 3. The van der Waals surface area contributed by atoms with E-state index in [1.807, 2.05) is 20.8 Å². The van der Waals surface area contributed by atoms with Crippen LogP contribution in [0.4, 0.5) is 8.78 Å². The summed E-state index contributed by atoms with van der Waals surface area (Å²) in [5, 5.41) is 13.0. The fourth-order valence-corrected chi connectivity index (χ4v) is 4.60. The highest BCUT2D eigenvalue weighted by atomic mass is 32.1. The number of nitrogens with one attached hydrogen (secondary N) is 1. The van der Waals surface area contributed by atoms with E-state index in [4.69, 9.17) is 5.73 Å². The number of aromatic nitrogens is 1. The van der Waals surface area contributed by atoms with Gasteiger partial charge in [0.2, 0.25) is 11.8 Å². The van der Waals surface area contributed by atoms with Gasteiger partial charge in [-0.25, -0.2) is 13.8 Å². The van der Waals surface area contributed by atoms with Crippen LogP contribution in [0.1, 0.15) is 57.8 Å². The Hall–Kier alpha value is -2.43. The molecular weight excluding hydrogens is 450 g/mol. The second-order valence-electron chi connectivity index (χ2n) is 9.46. The standard InChI is InChI=1S/C23H30F2N4O3S/c1-12(13-5-7-14(8-6-13)18-17(20(24)25)27-11-33-18)28-21(31)16-9-15(30)10-29(16)22(32)19(26)23(2,3)4/h5-8,11-12,15-16,19-20,30H,9-10,26H2,1-4H3,(H,28,31)/t12-,15+,16-,19+/m0/s1. The van der Waals surface area contributed by atoms with E-state index in [0.717, 1.165) is 16.9 Å². The number of nitrogens with zero attached hydrogens (tertiary/aromatic N) is 2. The van der Waals surface area contributed by atoms with Crippen LogP contribution in [-0.2, 0) is 9.59 Å². The molecule has 4 N–H and O–H groups in total. The van der Waals surface area contributed by atoms with Crippen molar-refractivity contribution in [3.63, 3.8) is 0 Å². The SMILES string of the molecule is C[C@H](NC(=O)[C@@H]1C[C@@H](O)CN1C(=O)[C@@H](N)C(C)(C)C)c1ccc(-c2scnc2C(F)F)cc1. The van der Waals surface area contributed by atoms with Gasteiger partial charge in [-0.3, -0.25) is 9.59 Å². The summed E-state index contributed by atoms with van der Waals surface area (Å²) in [6.07, 6.45) is -3.31. The lowest BCUT2D eigenvalue weighted by atomic mass is 9.86. The molecule has 3 rings (SSSR count). The molecule has 10 heteroatoms. The van der Waals surface area contributed by atoms with Gasteiger partial charge in [0, 0.05) is 13.0 Å². The first kappa shape index (κ1) is 25.2. The van der Waals surface area contributed by atoms with Crippen molar-refractivity contribution in [1.29, 1.82) is 0 Å². The Morgan fingerprint density at radius 1 is 1.27 bits per heavy atom. The highest BCUT2D eigenvalue weighted by molar-refractivity contribution is 7.13. The number of nitrogens with two attached hydrogens (primary N) is 1. The monoisotopic (exact) mass is 480 g/mol. The highest BCUT2D eigenvalue weighted by Gasteiger charge is 2.42. The zero-order valence-electron chi connectivity index (χ0n) is 19.1. The number of hydrogen-bond acceptors (Lipinski definition) is 6. The lowest BCUT2D eigenvalue weighted by molar-refractivity contribution is -0.141. The highest BCUT2D eigenvalue weighted by Crippen LogP contribution is 2.34. The summed E-state index contributed by atoms with van der Waals surface area (Å²) >= 11 is 1.15. The summed E-state index contributed by atoms with van der Waals surface area (Å²) in [6, 6.07) is 4.95. The number of aliphatic hydroxyl groups excluding tert-OH is 1. The Kier molecular flexibility index (Phi) is 7.50. The van der Waals surface area contributed by atoms with E-state index in [9.17, 15) is 23.5 Å². The van der Waals surface area contributed by atoms with Crippen LogP contribution in [0, 0.1) is 5.41 Å². The van der Waals surface area contributed by atoms with Gasteiger partial charge in [-0.1, -0.05) is 45.0 Å². The average Bonchev–Trinajstić information content (AvgIpc) is 3.39. The molecule has 0 aliphatic carbocycles. The van der Waals surface area contributed by atoms with Crippen molar-refractivity contribution in [1.82, 2.24) is 15.2 Å². The number of carbonyl (C=O) groups excluding carboxylic acids is 2. The minimum atomic E-state index is -2.65. The van der Waals surface area contributed by atoms with E-state index in [1.165, 1.54) is 10.4 Å². The van der Waals surface area contributed by atoms with Crippen molar-refractivity contribution in [2.45, 2.75) is 64.8 Å². The first-order valence-corrected chi connectivity index (χ1v) is 11.6. The molecule has 2 aromatic rings. The number of aliphatic hydroxyl groups is 1. The van der Waals surface area contributed by atoms with E-state index in [2.05, 4.69) is 10.3 Å². The van der Waals surface area contributed by atoms with Crippen LogP contribution in [0.2, 0.25) is 0 Å². The molecule has 0 saturated carbocycles. The maximum absolute atomic E-state index is 13.1. The number of β-amino-alcohol motifs (C(OH)–C–C–N with tert-alkyl or cyclic N) is 1. The number of halogens is 2. The molecule has 7 nitrogen and oxygen atoms in total. The van der Waals surface area contributed by atoms with Crippen LogP contribution in [0.5, 0.6) is 0 Å². The van der Waals surface area contributed by atoms with E-state index >= 15 is 0 Å². The third kappa shape index (κ3) is 5.56. The van der Waals surface area contributed by atoms with Gasteiger partial charge in [0.1, 0.15) is 11.7 Å². The zero-order valence-corrected chi connectivity index (χ0v) is 19.9. The third-order valence-electron chi connectivity index (χ3n) is 5.90. The minimum Gasteiger partial charge on any atom is -0.391 e. The second-order valence-corrected chi connectivity index (χ2v) is 10.3. The Balaban J connectivity index is 1.70. The van der Waals surface area contributed by atoms with Crippen LogP contribution >= 0.6 is 11.3 Å². The van der Waals surface area contributed by atoms with E-state index < -0.39 is 36.1 Å². The van der Waals surface area contributed by atoms with Gasteiger partial charge in [-0.15, -0.1) is 11.3 Å². The number of carbonyl (C=O) groups is 2. The van der Waals surface area contributed by atoms with Crippen molar-refractivity contribution in [2.75, 3.05) is 6.54 Å². The molecule has 2 amide bonds. The van der Waals surface area contributed by atoms with E-state index in [-0.39, 0.29) is 30.5 Å². The molecule has 4 atom stereocenters. The van der Waals surface area contributed by atoms with Crippen molar-refractivity contribution in [3.05, 3.63) is 41.0 Å². The van der Waals surface area contributed by atoms with E-state index in [0.29, 0.717) is 10.4 Å². The molecule has 0 spiro atoms. The van der Waals surface area contributed by atoms with Crippen LogP contribution < -0.4 is 11.1 Å². The number of rotatable bonds is 6. The number of amides is 2. The Morgan fingerprint density at radius 2 is 1.91 bits per heavy atom. The quantitative estimate of drug-likeness (QED) is 0.588. The predicted molar refractivity (Wildman–Crippen MR) is 123 cm³/mol. The summed E-state index contributed by atoms with van der Waals surface area (Å²) in [4.78, 5) is 31.4. The second kappa shape index (κ2) is 9.82. The molecule has 1 aromatic carbocycles. The summed E-state index contributed by atoms with van der Waals surface area (Å²) in [6.45, 7) is 7.39. The molecule has 1 saturated heterocycles. The van der Waals surface area contributed by atoms with Gasteiger partial charge in [0.05, 0.1) is 28.6 Å². The molecule has 0 radical (unpaired) electrons. The summed E-state index contributed by atoms with van der Waals surface area (Å²) in [5.41, 5.74) is 8.17. The fraction of sp³-hybridized carbons (Fsp3) is 0.522. The van der Waals surface area contributed by atoms with E-state index in [1.54, 1.807) is 31.2 Å². The van der Waals surface area contributed by atoms with Crippen LogP contribution in [0.25, 0.3) is 10.4 Å². The van der Waals surface area contributed by atoms with Crippen molar-refractivity contribution >= 4 is 23.2 Å². The lowest BCUT2D eigenvalue weighted by Gasteiger charge is -2.32. The molecule has 1 aliphatic heterocycles. The topological polar surface area (TPSA) is 109 Å². The molecule has 0 bridgehead atoms. The van der Waals surface area contributed by atoms with Crippen LogP contribution in [0.15, 0.2) is 29.8 Å². The molecule has 180 valence electrons. The van der Waals surface area contributed by atoms with Gasteiger partial charge in [0.25, 0.3) is 6.43 Å². The van der Waals surface area contributed by atoms with Crippen molar-refractivity contribution in [2.24, 2.45) is 11.1 Å². The molecule has 2 heterocycles. The molecule has 1 aromatic heterocycles. The largest absolute Gasteiger partial charge is 0.391 e. The number of benzene rings is 1. The van der Waals surface area contributed by atoms with Crippen molar-refractivity contribution in [3.8, 4) is 10.4 Å².